The van der Waals surface area contributed by atoms with Gasteiger partial charge < -0.3 is 15.2 Å². The second-order valence-corrected chi connectivity index (χ2v) is 4.45. The molecule has 1 heterocycles. The molecule has 1 aromatic rings. The highest BCUT2D eigenvalue weighted by atomic mass is 16.5. The third-order valence-corrected chi connectivity index (χ3v) is 3.29. The second kappa shape index (κ2) is 4.80. The van der Waals surface area contributed by atoms with Crippen molar-refractivity contribution in [2.75, 3.05) is 11.9 Å². The van der Waals surface area contributed by atoms with Crippen molar-refractivity contribution in [2.24, 2.45) is 0 Å². The molecule has 0 saturated heterocycles. The molecular weight excluding hydrogens is 234 g/mol. The van der Waals surface area contributed by atoms with Gasteiger partial charge in [-0.3, -0.25) is 0 Å². The lowest BCUT2D eigenvalue weighted by Crippen LogP contribution is -2.52. The standard InChI is InChI=1S/C12H17N3O3/c1-3-18-10-8(2)9(13-7-14-10)15-12(11(16)17)5-4-6-12/h7H,3-6H2,1-2H3,(H,16,17)(H,13,14,15). The number of aromatic nitrogens is 2. The maximum absolute atomic E-state index is 11.3. The van der Waals surface area contributed by atoms with Crippen LogP contribution in [0.15, 0.2) is 6.33 Å². The van der Waals surface area contributed by atoms with E-state index in [9.17, 15) is 9.90 Å². The van der Waals surface area contributed by atoms with E-state index < -0.39 is 11.5 Å². The van der Waals surface area contributed by atoms with Crippen molar-refractivity contribution in [3.05, 3.63) is 11.9 Å². The molecule has 1 aliphatic rings. The fourth-order valence-electron chi connectivity index (χ4n) is 1.99. The number of nitrogens with one attached hydrogen (secondary N) is 1. The first-order valence-electron chi connectivity index (χ1n) is 6.05. The van der Waals surface area contributed by atoms with Crippen LogP contribution >= 0.6 is 0 Å². The number of ether oxygens (including phenoxy) is 1. The number of hydrogen-bond donors (Lipinski definition) is 2. The van der Waals surface area contributed by atoms with Crippen LogP contribution in [0.2, 0.25) is 0 Å². The van der Waals surface area contributed by atoms with E-state index in [1.54, 1.807) is 0 Å². The van der Waals surface area contributed by atoms with E-state index in [1.165, 1.54) is 6.33 Å². The first-order chi connectivity index (χ1) is 8.59. The minimum absolute atomic E-state index is 0.495. The lowest BCUT2D eigenvalue weighted by molar-refractivity contribution is -0.145. The highest BCUT2D eigenvalue weighted by Gasteiger charge is 2.45. The highest BCUT2D eigenvalue weighted by Crippen LogP contribution is 2.36. The first kappa shape index (κ1) is 12.6. The number of carbonyl (C=O) groups is 1. The highest BCUT2D eigenvalue weighted by molar-refractivity contribution is 5.84. The second-order valence-electron chi connectivity index (χ2n) is 4.45. The molecule has 0 radical (unpaired) electrons. The topological polar surface area (TPSA) is 84.3 Å². The summed E-state index contributed by atoms with van der Waals surface area (Å²) in [5, 5.41) is 12.3. The third-order valence-electron chi connectivity index (χ3n) is 3.29. The summed E-state index contributed by atoms with van der Waals surface area (Å²) in [6.07, 6.45) is 3.54. The van der Waals surface area contributed by atoms with E-state index in [1.807, 2.05) is 13.8 Å². The molecule has 0 atom stereocenters. The van der Waals surface area contributed by atoms with Gasteiger partial charge >= 0.3 is 5.97 Å². The summed E-state index contributed by atoms with van der Waals surface area (Å²) in [7, 11) is 0. The molecule has 0 aromatic carbocycles. The SMILES string of the molecule is CCOc1ncnc(NC2(C(=O)O)CCC2)c1C. The van der Waals surface area contributed by atoms with Crippen LogP contribution in [-0.2, 0) is 4.79 Å². The Morgan fingerprint density at radius 3 is 2.78 bits per heavy atom. The Kier molecular flexibility index (Phi) is 3.36. The fraction of sp³-hybridized carbons (Fsp3) is 0.583. The molecule has 0 spiro atoms. The molecular formula is C12H17N3O3. The molecule has 98 valence electrons. The Bertz CT molecular complexity index is 458. The molecule has 1 aliphatic carbocycles. The van der Waals surface area contributed by atoms with Crippen molar-refractivity contribution in [1.82, 2.24) is 9.97 Å². The number of anilines is 1. The minimum Gasteiger partial charge on any atom is -0.480 e. The lowest BCUT2D eigenvalue weighted by Gasteiger charge is -2.39. The summed E-state index contributed by atoms with van der Waals surface area (Å²) in [5.41, 5.74) is -0.130. The van der Waals surface area contributed by atoms with Crippen LogP contribution in [0.1, 0.15) is 31.7 Å². The summed E-state index contributed by atoms with van der Waals surface area (Å²) in [5.74, 6) is 0.204. The molecule has 6 heteroatoms. The molecule has 2 rings (SSSR count). The third kappa shape index (κ3) is 2.10. The van der Waals surface area contributed by atoms with Gasteiger partial charge in [-0.2, -0.15) is 0 Å². The Labute approximate surface area is 105 Å². The maximum Gasteiger partial charge on any atom is 0.329 e. The van der Waals surface area contributed by atoms with Gasteiger partial charge in [-0.05, 0) is 33.1 Å². The average molecular weight is 251 g/mol. The van der Waals surface area contributed by atoms with Crippen molar-refractivity contribution in [2.45, 2.75) is 38.6 Å². The van der Waals surface area contributed by atoms with Gasteiger partial charge in [0.05, 0.1) is 12.2 Å². The van der Waals surface area contributed by atoms with Crippen molar-refractivity contribution in [1.29, 1.82) is 0 Å². The van der Waals surface area contributed by atoms with Crippen LogP contribution in [0.25, 0.3) is 0 Å². The fourth-order valence-corrected chi connectivity index (χ4v) is 1.99. The smallest absolute Gasteiger partial charge is 0.329 e. The first-order valence-corrected chi connectivity index (χ1v) is 6.05. The monoisotopic (exact) mass is 251 g/mol. The van der Waals surface area contributed by atoms with E-state index in [4.69, 9.17) is 4.74 Å². The molecule has 6 nitrogen and oxygen atoms in total. The average Bonchev–Trinajstić information content (AvgIpc) is 2.28. The van der Waals surface area contributed by atoms with E-state index in [2.05, 4.69) is 15.3 Å². The normalized spacial score (nSPS) is 16.8. The summed E-state index contributed by atoms with van der Waals surface area (Å²) in [6, 6.07) is 0. The van der Waals surface area contributed by atoms with Crippen LogP contribution in [-0.4, -0.2) is 33.2 Å². The Hall–Kier alpha value is -1.85. The molecule has 0 bridgehead atoms. The molecule has 0 unspecified atom stereocenters. The number of carboxylic acids is 1. The summed E-state index contributed by atoms with van der Waals surface area (Å²) in [4.78, 5) is 19.4. The van der Waals surface area contributed by atoms with Crippen molar-refractivity contribution < 1.29 is 14.6 Å². The van der Waals surface area contributed by atoms with E-state index in [0.717, 1.165) is 12.0 Å². The van der Waals surface area contributed by atoms with Crippen LogP contribution in [0.3, 0.4) is 0 Å². The zero-order valence-electron chi connectivity index (χ0n) is 10.6. The molecule has 1 saturated carbocycles. The number of rotatable bonds is 5. The van der Waals surface area contributed by atoms with E-state index in [-0.39, 0.29) is 0 Å². The van der Waals surface area contributed by atoms with Crippen molar-refractivity contribution in [3.8, 4) is 5.88 Å². The van der Waals surface area contributed by atoms with Gasteiger partial charge in [-0.15, -0.1) is 0 Å². The summed E-state index contributed by atoms with van der Waals surface area (Å²) >= 11 is 0. The maximum atomic E-state index is 11.3. The van der Waals surface area contributed by atoms with Crippen molar-refractivity contribution >= 4 is 11.8 Å². The minimum atomic E-state index is -0.872. The van der Waals surface area contributed by atoms with Gasteiger partial charge in [0.1, 0.15) is 17.7 Å². The Morgan fingerprint density at radius 2 is 2.28 bits per heavy atom. The molecule has 0 aliphatic heterocycles. The van der Waals surface area contributed by atoms with Gasteiger partial charge in [0.2, 0.25) is 5.88 Å². The van der Waals surface area contributed by atoms with Gasteiger partial charge in [-0.1, -0.05) is 0 Å². The molecule has 2 N–H and O–H groups in total. The zero-order chi connectivity index (χ0) is 13.2. The Morgan fingerprint density at radius 1 is 1.56 bits per heavy atom. The predicted octanol–water partition coefficient (Wildman–Crippen LogP) is 1.60. The molecule has 1 aromatic heterocycles. The molecule has 0 amide bonds. The summed E-state index contributed by atoms with van der Waals surface area (Å²) < 4.78 is 5.37. The number of nitrogens with zero attached hydrogens (tertiary/aromatic N) is 2. The lowest BCUT2D eigenvalue weighted by atomic mass is 9.76. The van der Waals surface area contributed by atoms with Gasteiger partial charge in [0.25, 0.3) is 0 Å². The number of aliphatic carboxylic acids is 1. The molecule has 18 heavy (non-hydrogen) atoms. The number of carboxylic acid groups (broad SMARTS) is 1. The quantitative estimate of drug-likeness (QED) is 0.827. The Balaban J connectivity index is 2.23. The van der Waals surface area contributed by atoms with Gasteiger partial charge in [0, 0.05) is 0 Å². The van der Waals surface area contributed by atoms with Gasteiger partial charge in [-0.25, -0.2) is 14.8 Å². The predicted molar refractivity (Wildman–Crippen MR) is 65.8 cm³/mol. The van der Waals surface area contributed by atoms with E-state index >= 15 is 0 Å². The molecule has 1 fully saturated rings. The largest absolute Gasteiger partial charge is 0.480 e. The zero-order valence-corrected chi connectivity index (χ0v) is 10.6. The van der Waals surface area contributed by atoms with E-state index in [0.29, 0.717) is 31.1 Å². The van der Waals surface area contributed by atoms with Crippen LogP contribution in [0, 0.1) is 6.92 Å². The van der Waals surface area contributed by atoms with Crippen LogP contribution < -0.4 is 10.1 Å². The van der Waals surface area contributed by atoms with Crippen LogP contribution in [0.5, 0.6) is 5.88 Å². The van der Waals surface area contributed by atoms with Crippen molar-refractivity contribution in [3.63, 3.8) is 0 Å². The van der Waals surface area contributed by atoms with Gasteiger partial charge in [0.15, 0.2) is 0 Å². The number of hydrogen-bond acceptors (Lipinski definition) is 5. The summed E-state index contributed by atoms with van der Waals surface area (Å²) in [6.45, 7) is 4.21. The van der Waals surface area contributed by atoms with Crippen LogP contribution in [0.4, 0.5) is 5.82 Å².